The fraction of sp³-hybridized carbons (Fsp3) is 0.0556. The Bertz CT molecular complexity index is 633. The van der Waals surface area contributed by atoms with Gasteiger partial charge in [0.1, 0.15) is 0 Å². The fourth-order valence-electron chi connectivity index (χ4n) is 1.99. The molecule has 0 N–H and O–H groups in total. The molecule has 0 bridgehead atoms. The van der Waals surface area contributed by atoms with Crippen molar-refractivity contribution in [3.8, 4) is 11.1 Å². The molecular weight excluding hydrogens is 232 g/mol. The van der Waals surface area contributed by atoms with Crippen molar-refractivity contribution in [1.29, 1.82) is 0 Å². The molecule has 2 rings (SSSR count). The Kier molecular flexibility index (Phi) is 3.76. The summed E-state index contributed by atoms with van der Waals surface area (Å²) in [7, 11) is 0. The van der Waals surface area contributed by atoms with Gasteiger partial charge in [-0.25, -0.2) is 0 Å². The van der Waals surface area contributed by atoms with Gasteiger partial charge < -0.3 is 0 Å². The predicted octanol–water partition coefficient (Wildman–Crippen LogP) is 4.84. The van der Waals surface area contributed by atoms with Crippen molar-refractivity contribution in [2.24, 2.45) is 0 Å². The van der Waals surface area contributed by atoms with E-state index in [2.05, 4.69) is 37.4 Å². The zero-order chi connectivity index (χ0) is 13.8. The highest BCUT2D eigenvalue weighted by molar-refractivity contribution is 5.84. The van der Waals surface area contributed by atoms with Crippen LogP contribution in [0.25, 0.3) is 22.8 Å². The molecule has 0 aliphatic carbocycles. The molecule has 0 radical (unpaired) electrons. The third-order valence-corrected chi connectivity index (χ3v) is 3.14. The zero-order valence-electron chi connectivity index (χ0n) is 11.0. The second-order valence-corrected chi connectivity index (χ2v) is 4.52. The first-order chi connectivity index (χ1) is 9.15. The molecule has 2 aromatic rings. The summed E-state index contributed by atoms with van der Waals surface area (Å²) in [5, 5.41) is 0. The van der Waals surface area contributed by atoms with Crippen LogP contribution in [0.5, 0.6) is 0 Å². The second kappa shape index (κ2) is 5.49. The monoisotopic (exact) mass is 248 g/mol. The van der Waals surface area contributed by atoms with Gasteiger partial charge in [0.15, 0.2) is 6.29 Å². The first-order valence-corrected chi connectivity index (χ1v) is 6.13. The molecule has 1 heteroatoms. The largest absolute Gasteiger partial charge is 0.298 e. The van der Waals surface area contributed by atoms with Gasteiger partial charge in [-0.05, 0) is 35.2 Å². The first-order valence-electron chi connectivity index (χ1n) is 6.13. The van der Waals surface area contributed by atoms with Gasteiger partial charge >= 0.3 is 0 Å². The number of carbonyl (C=O) groups excluding carboxylic acids is 1. The maximum Gasteiger partial charge on any atom is 0.150 e. The van der Waals surface area contributed by atoms with Crippen LogP contribution in [-0.2, 0) is 0 Å². The summed E-state index contributed by atoms with van der Waals surface area (Å²) in [6.45, 7) is 9.66. The minimum absolute atomic E-state index is 0.664. The van der Waals surface area contributed by atoms with E-state index in [0.29, 0.717) is 5.56 Å². The Labute approximate surface area is 113 Å². The lowest BCUT2D eigenvalue weighted by Crippen LogP contribution is -1.88. The van der Waals surface area contributed by atoms with Crippen LogP contribution < -0.4 is 0 Å². The second-order valence-electron chi connectivity index (χ2n) is 4.52. The topological polar surface area (TPSA) is 17.1 Å². The quantitative estimate of drug-likeness (QED) is 0.707. The number of benzene rings is 2. The zero-order valence-corrected chi connectivity index (χ0v) is 11.0. The van der Waals surface area contributed by atoms with Gasteiger partial charge in [-0.3, -0.25) is 4.79 Å². The highest BCUT2D eigenvalue weighted by Gasteiger charge is 2.03. The van der Waals surface area contributed by atoms with Crippen LogP contribution in [0.3, 0.4) is 0 Å². The molecule has 0 atom stereocenters. The van der Waals surface area contributed by atoms with Crippen LogP contribution in [0.1, 0.15) is 28.4 Å². The van der Waals surface area contributed by atoms with Crippen LogP contribution >= 0.6 is 0 Å². The number of carbonyl (C=O) groups is 1. The molecule has 1 nitrogen and oxygen atoms in total. The molecule has 0 saturated carbocycles. The molecule has 0 spiro atoms. The maximum absolute atomic E-state index is 10.9. The molecule has 0 fully saturated rings. The smallest absolute Gasteiger partial charge is 0.150 e. The highest BCUT2D eigenvalue weighted by Crippen LogP contribution is 2.24. The Hall–Kier alpha value is -2.41. The molecule has 0 aliphatic heterocycles. The van der Waals surface area contributed by atoms with Crippen molar-refractivity contribution in [2.75, 3.05) is 0 Å². The molecule has 2 aromatic carbocycles. The molecule has 19 heavy (non-hydrogen) atoms. The van der Waals surface area contributed by atoms with E-state index in [0.717, 1.165) is 34.1 Å². The minimum Gasteiger partial charge on any atom is -0.298 e. The molecule has 0 aromatic heterocycles. The Morgan fingerprint density at radius 1 is 1.00 bits per heavy atom. The van der Waals surface area contributed by atoms with Crippen molar-refractivity contribution in [2.45, 2.75) is 6.92 Å². The summed E-state index contributed by atoms with van der Waals surface area (Å²) in [5.74, 6) is 0. The van der Waals surface area contributed by atoms with Crippen LogP contribution in [0.2, 0.25) is 0 Å². The molecule has 0 unspecified atom stereocenters. The Balaban J connectivity index is 2.44. The van der Waals surface area contributed by atoms with Crippen LogP contribution in [0.15, 0.2) is 55.6 Å². The lowest BCUT2D eigenvalue weighted by molar-refractivity contribution is 0.112. The summed E-state index contributed by atoms with van der Waals surface area (Å²) in [5.41, 5.74) is 5.90. The van der Waals surface area contributed by atoms with E-state index < -0.39 is 0 Å². The van der Waals surface area contributed by atoms with Crippen LogP contribution in [0.4, 0.5) is 0 Å². The Morgan fingerprint density at radius 3 is 2.16 bits per heavy atom. The highest BCUT2D eigenvalue weighted by atomic mass is 16.1. The van der Waals surface area contributed by atoms with Gasteiger partial charge in [0, 0.05) is 5.56 Å². The average Bonchev–Trinajstić information content (AvgIpc) is 2.46. The van der Waals surface area contributed by atoms with Gasteiger partial charge in [-0.1, -0.05) is 61.2 Å². The van der Waals surface area contributed by atoms with Crippen LogP contribution in [0, 0.1) is 0 Å². The average molecular weight is 248 g/mol. The van der Waals surface area contributed by atoms with Gasteiger partial charge in [0.2, 0.25) is 0 Å². The fourth-order valence-corrected chi connectivity index (χ4v) is 1.99. The first kappa shape index (κ1) is 13.0. The summed E-state index contributed by atoms with van der Waals surface area (Å²) < 4.78 is 0. The number of aldehydes is 1. The van der Waals surface area contributed by atoms with E-state index in [1.165, 1.54) is 0 Å². The van der Waals surface area contributed by atoms with Crippen LogP contribution in [-0.4, -0.2) is 6.29 Å². The molecule has 0 amide bonds. The summed E-state index contributed by atoms with van der Waals surface area (Å²) >= 11 is 0. The lowest BCUT2D eigenvalue weighted by Gasteiger charge is -2.07. The van der Waals surface area contributed by atoms with Crippen molar-refractivity contribution < 1.29 is 4.79 Å². The number of allylic oxidation sites excluding steroid dienone is 1. The molecular formula is C18H16O. The summed E-state index contributed by atoms with van der Waals surface area (Å²) in [6.07, 6.45) is 2.56. The summed E-state index contributed by atoms with van der Waals surface area (Å²) in [4.78, 5) is 10.9. The van der Waals surface area contributed by atoms with E-state index in [4.69, 9.17) is 0 Å². The SMILES string of the molecule is C=Cc1cc(-c2ccc(C(=C)C)cc2)ccc1C=O. The summed E-state index contributed by atoms with van der Waals surface area (Å²) in [6, 6.07) is 14.0. The third kappa shape index (κ3) is 2.71. The minimum atomic E-state index is 0.664. The van der Waals surface area contributed by atoms with Crippen molar-refractivity contribution >= 4 is 17.9 Å². The van der Waals surface area contributed by atoms with E-state index in [1.807, 2.05) is 25.1 Å². The van der Waals surface area contributed by atoms with E-state index in [-0.39, 0.29) is 0 Å². The lowest BCUT2D eigenvalue weighted by atomic mass is 9.98. The van der Waals surface area contributed by atoms with Crippen molar-refractivity contribution in [1.82, 2.24) is 0 Å². The number of hydrogen-bond donors (Lipinski definition) is 0. The van der Waals surface area contributed by atoms with E-state index >= 15 is 0 Å². The standard InChI is InChI=1S/C18H16O/c1-4-14-11-17(9-10-18(14)12-19)16-7-5-15(6-8-16)13(2)3/h4-12H,1-2H2,3H3. The van der Waals surface area contributed by atoms with Crippen molar-refractivity contribution in [3.05, 3.63) is 72.3 Å². The van der Waals surface area contributed by atoms with Gasteiger partial charge in [0.25, 0.3) is 0 Å². The van der Waals surface area contributed by atoms with E-state index in [1.54, 1.807) is 6.08 Å². The van der Waals surface area contributed by atoms with Crippen molar-refractivity contribution in [3.63, 3.8) is 0 Å². The molecule has 0 saturated heterocycles. The number of rotatable bonds is 4. The maximum atomic E-state index is 10.9. The van der Waals surface area contributed by atoms with E-state index in [9.17, 15) is 4.79 Å². The Morgan fingerprint density at radius 2 is 1.63 bits per heavy atom. The number of hydrogen-bond acceptors (Lipinski definition) is 1. The van der Waals surface area contributed by atoms with Gasteiger partial charge in [0.05, 0.1) is 0 Å². The normalized spacial score (nSPS) is 9.95. The molecule has 0 aliphatic rings. The third-order valence-electron chi connectivity index (χ3n) is 3.14. The molecule has 0 heterocycles. The van der Waals surface area contributed by atoms with Gasteiger partial charge in [-0.2, -0.15) is 0 Å². The molecule has 94 valence electrons. The predicted molar refractivity (Wildman–Crippen MR) is 82.1 cm³/mol. The van der Waals surface area contributed by atoms with Gasteiger partial charge in [-0.15, -0.1) is 0 Å².